The molecule has 1 saturated carbocycles. The van der Waals surface area contributed by atoms with E-state index in [1.807, 2.05) is 26.0 Å². The number of amides is 1. The molecule has 0 aliphatic heterocycles. The van der Waals surface area contributed by atoms with Gasteiger partial charge in [-0.15, -0.1) is 11.3 Å². The summed E-state index contributed by atoms with van der Waals surface area (Å²) in [5.41, 5.74) is 4.24. The quantitative estimate of drug-likeness (QED) is 0.669. The highest BCUT2D eigenvalue weighted by Gasteiger charge is 2.28. The Bertz CT molecular complexity index is 1050. The van der Waals surface area contributed by atoms with Crippen molar-refractivity contribution >= 4 is 27.5 Å². The zero-order valence-electron chi connectivity index (χ0n) is 16.8. The molecule has 2 aromatic heterocycles. The first-order chi connectivity index (χ1) is 13.5. The van der Waals surface area contributed by atoms with E-state index >= 15 is 0 Å². The molecule has 1 aliphatic rings. The van der Waals surface area contributed by atoms with Crippen LogP contribution < -0.4 is 10.1 Å². The lowest BCUT2D eigenvalue weighted by Crippen LogP contribution is -2.25. The molecule has 4 rings (SSSR count). The molecule has 146 valence electrons. The molecule has 0 saturated heterocycles. The third kappa shape index (κ3) is 3.61. The average molecular weight is 396 g/mol. The van der Waals surface area contributed by atoms with Crippen LogP contribution in [0.2, 0.25) is 0 Å². The first kappa shape index (κ1) is 18.9. The molecule has 3 aromatic rings. The summed E-state index contributed by atoms with van der Waals surface area (Å²) in [7, 11) is 1.67. The maximum Gasteiger partial charge on any atom is 0.261 e. The Labute approximate surface area is 169 Å². The Morgan fingerprint density at radius 2 is 2.04 bits per heavy atom. The minimum absolute atomic E-state index is 0.0421. The smallest absolute Gasteiger partial charge is 0.261 e. The van der Waals surface area contributed by atoms with Gasteiger partial charge in [-0.05, 0) is 57.2 Å². The van der Waals surface area contributed by atoms with Crippen LogP contribution in [0.5, 0.6) is 5.75 Å². The lowest BCUT2D eigenvalue weighted by Gasteiger charge is -2.10. The number of aryl methyl sites for hydroxylation is 3. The van der Waals surface area contributed by atoms with Crippen molar-refractivity contribution in [2.75, 3.05) is 13.7 Å². The average Bonchev–Trinajstić information content (AvgIpc) is 3.45. The highest BCUT2D eigenvalue weighted by molar-refractivity contribution is 7.20. The van der Waals surface area contributed by atoms with Crippen molar-refractivity contribution in [2.24, 2.45) is 0 Å². The van der Waals surface area contributed by atoms with Crippen LogP contribution in [0.25, 0.3) is 10.2 Å². The van der Waals surface area contributed by atoms with Gasteiger partial charge in [-0.1, -0.05) is 17.7 Å². The van der Waals surface area contributed by atoms with Gasteiger partial charge in [0.2, 0.25) is 0 Å². The lowest BCUT2D eigenvalue weighted by atomic mass is 10.1. The van der Waals surface area contributed by atoms with Gasteiger partial charge in [0, 0.05) is 17.8 Å². The second-order valence-corrected chi connectivity index (χ2v) is 8.50. The van der Waals surface area contributed by atoms with Crippen molar-refractivity contribution in [3.8, 4) is 5.75 Å². The number of thiophene rings is 1. The van der Waals surface area contributed by atoms with E-state index in [-0.39, 0.29) is 5.91 Å². The molecular formula is C22H25N3O2S. The molecule has 5 nitrogen and oxygen atoms in total. The topological polar surface area (TPSA) is 64.1 Å². The number of methoxy groups -OCH3 is 1. The van der Waals surface area contributed by atoms with E-state index in [9.17, 15) is 4.79 Å². The van der Waals surface area contributed by atoms with Crippen molar-refractivity contribution in [1.82, 2.24) is 15.3 Å². The molecule has 0 unspecified atom stereocenters. The molecule has 1 aliphatic carbocycles. The Morgan fingerprint density at radius 3 is 2.75 bits per heavy atom. The van der Waals surface area contributed by atoms with Crippen molar-refractivity contribution in [3.05, 3.63) is 51.3 Å². The number of benzene rings is 1. The van der Waals surface area contributed by atoms with Gasteiger partial charge in [0.15, 0.2) is 0 Å². The van der Waals surface area contributed by atoms with Gasteiger partial charge >= 0.3 is 0 Å². The van der Waals surface area contributed by atoms with Crippen LogP contribution in [0.1, 0.15) is 56.6 Å². The first-order valence-corrected chi connectivity index (χ1v) is 10.5. The number of fused-ring (bicyclic) bond motifs is 1. The zero-order valence-corrected chi connectivity index (χ0v) is 17.6. The van der Waals surface area contributed by atoms with Gasteiger partial charge in [-0.25, -0.2) is 9.97 Å². The summed E-state index contributed by atoms with van der Waals surface area (Å²) in [5.74, 6) is 2.26. The van der Waals surface area contributed by atoms with Crippen molar-refractivity contribution in [1.29, 1.82) is 0 Å². The fourth-order valence-electron chi connectivity index (χ4n) is 3.59. The summed E-state index contributed by atoms with van der Waals surface area (Å²) in [4.78, 5) is 23.9. The molecule has 6 heteroatoms. The van der Waals surface area contributed by atoms with E-state index in [2.05, 4.69) is 23.3 Å². The lowest BCUT2D eigenvalue weighted by molar-refractivity contribution is 0.0957. The highest BCUT2D eigenvalue weighted by atomic mass is 32.1. The number of nitrogens with one attached hydrogen (secondary N) is 1. The number of hydrogen-bond acceptors (Lipinski definition) is 5. The number of aromatic nitrogens is 2. The van der Waals surface area contributed by atoms with E-state index in [1.165, 1.54) is 29.7 Å². The van der Waals surface area contributed by atoms with Gasteiger partial charge in [0.1, 0.15) is 16.4 Å². The Hall–Kier alpha value is -2.47. The summed E-state index contributed by atoms with van der Waals surface area (Å²) < 4.78 is 5.42. The van der Waals surface area contributed by atoms with Crippen molar-refractivity contribution < 1.29 is 9.53 Å². The largest absolute Gasteiger partial charge is 0.496 e. The Kier molecular flexibility index (Phi) is 5.06. The predicted octanol–water partition coefficient (Wildman–Crippen LogP) is 4.48. The van der Waals surface area contributed by atoms with Gasteiger partial charge in [0.25, 0.3) is 5.91 Å². The Morgan fingerprint density at radius 1 is 1.25 bits per heavy atom. The summed E-state index contributed by atoms with van der Waals surface area (Å²) in [6.07, 6.45) is 3.07. The van der Waals surface area contributed by atoms with Crippen LogP contribution >= 0.6 is 11.3 Å². The molecule has 1 N–H and O–H groups in total. The van der Waals surface area contributed by atoms with Crippen molar-refractivity contribution in [3.63, 3.8) is 0 Å². The standard InChI is InChI=1S/C22H25N3O2S/c1-12-5-8-17(27-4)16(11-12)9-10-23-21(26)19-13(2)18-14(3)24-20(15-6-7-15)25-22(18)28-19/h5,8,11,15H,6-7,9-10H2,1-4H3,(H,23,26). The number of ether oxygens (including phenoxy) is 1. The van der Waals surface area contributed by atoms with Crippen LogP contribution in [0.3, 0.4) is 0 Å². The van der Waals surface area contributed by atoms with Crippen LogP contribution in [-0.4, -0.2) is 29.5 Å². The minimum Gasteiger partial charge on any atom is -0.496 e. The molecule has 2 heterocycles. The van der Waals surface area contributed by atoms with E-state index < -0.39 is 0 Å². The summed E-state index contributed by atoms with van der Waals surface area (Å²) in [6, 6.07) is 6.11. The molecule has 1 amide bonds. The number of hydrogen-bond donors (Lipinski definition) is 1. The van der Waals surface area contributed by atoms with E-state index in [0.717, 1.165) is 49.9 Å². The van der Waals surface area contributed by atoms with Crippen LogP contribution in [0.15, 0.2) is 18.2 Å². The summed E-state index contributed by atoms with van der Waals surface area (Å²) in [5, 5.41) is 4.08. The molecule has 0 bridgehead atoms. The number of nitrogens with zero attached hydrogens (tertiary/aromatic N) is 2. The predicted molar refractivity (Wildman–Crippen MR) is 113 cm³/mol. The fraction of sp³-hybridized carbons (Fsp3) is 0.409. The number of carbonyl (C=O) groups excluding carboxylic acids is 1. The van der Waals surface area contributed by atoms with Gasteiger partial charge in [0.05, 0.1) is 17.7 Å². The van der Waals surface area contributed by atoms with Crippen LogP contribution in [0.4, 0.5) is 0 Å². The van der Waals surface area contributed by atoms with Gasteiger partial charge in [-0.2, -0.15) is 0 Å². The minimum atomic E-state index is -0.0421. The van der Waals surface area contributed by atoms with Gasteiger partial charge < -0.3 is 10.1 Å². The van der Waals surface area contributed by atoms with E-state index in [4.69, 9.17) is 9.72 Å². The number of carbonyl (C=O) groups is 1. The molecule has 0 atom stereocenters. The molecule has 28 heavy (non-hydrogen) atoms. The monoisotopic (exact) mass is 395 g/mol. The molecular weight excluding hydrogens is 370 g/mol. The third-order valence-corrected chi connectivity index (χ3v) is 6.44. The third-order valence-electron chi connectivity index (χ3n) is 5.25. The maximum atomic E-state index is 12.8. The van der Waals surface area contributed by atoms with Crippen LogP contribution in [-0.2, 0) is 6.42 Å². The fourth-order valence-corrected chi connectivity index (χ4v) is 4.75. The highest BCUT2D eigenvalue weighted by Crippen LogP contribution is 2.40. The number of rotatable bonds is 6. The molecule has 0 spiro atoms. The van der Waals surface area contributed by atoms with Crippen molar-refractivity contribution in [2.45, 2.75) is 46.0 Å². The normalized spacial score (nSPS) is 13.7. The van der Waals surface area contributed by atoms with Gasteiger partial charge in [-0.3, -0.25) is 4.79 Å². The summed E-state index contributed by atoms with van der Waals surface area (Å²) in [6.45, 7) is 6.62. The van der Waals surface area contributed by atoms with E-state index in [0.29, 0.717) is 12.5 Å². The second kappa shape index (κ2) is 7.51. The summed E-state index contributed by atoms with van der Waals surface area (Å²) >= 11 is 1.47. The SMILES string of the molecule is COc1ccc(C)cc1CCNC(=O)c1sc2nc(C3CC3)nc(C)c2c1C. The molecule has 0 radical (unpaired) electrons. The maximum absolute atomic E-state index is 12.8. The second-order valence-electron chi connectivity index (χ2n) is 7.50. The zero-order chi connectivity index (χ0) is 19.8. The molecule has 1 aromatic carbocycles. The van der Waals surface area contributed by atoms with Crippen LogP contribution in [0, 0.1) is 20.8 Å². The van der Waals surface area contributed by atoms with E-state index in [1.54, 1.807) is 7.11 Å². The first-order valence-electron chi connectivity index (χ1n) is 9.67. The molecule has 1 fully saturated rings. The Balaban J connectivity index is 1.50.